The van der Waals surface area contributed by atoms with E-state index in [4.69, 9.17) is 5.11 Å². The van der Waals surface area contributed by atoms with E-state index in [1.807, 2.05) is 6.92 Å². The summed E-state index contributed by atoms with van der Waals surface area (Å²) in [6.45, 7) is 2.31. The van der Waals surface area contributed by atoms with Gasteiger partial charge in [0, 0.05) is 12.1 Å². The molecule has 7 heteroatoms. The minimum Gasteiger partial charge on any atom is -0.507 e. The summed E-state index contributed by atoms with van der Waals surface area (Å²) >= 11 is 1.22. The first-order valence-electron chi connectivity index (χ1n) is 7.91. The summed E-state index contributed by atoms with van der Waals surface area (Å²) in [5.41, 5.74) is 1.30. The predicted molar refractivity (Wildman–Crippen MR) is 102 cm³/mol. The number of carboxylic acid groups (broad SMARTS) is 1. The van der Waals surface area contributed by atoms with Gasteiger partial charge in [-0.25, -0.2) is 9.79 Å². The molecule has 2 aromatic rings. The standard InChI is InChI=1S/C19H16N2O4S/c1-2-21-17(23)16(11-13-5-3-4-6-15(13)22)26-19(21)20-14-9-7-12(8-10-14)18(24)25/h3-11,22H,2H2,1H3,(H,24,25)/b16-11+,20-19?. The third kappa shape index (κ3) is 3.62. The number of aliphatic imine (C=N–C) groups is 1. The second-order valence-corrected chi connectivity index (χ2v) is 6.47. The summed E-state index contributed by atoms with van der Waals surface area (Å²) in [6, 6.07) is 12.9. The average molecular weight is 368 g/mol. The van der Waals surface area contributed by atoms with Gasteiger partial charge in [0.1, 0.15) is 5.75 Å². The van der Waals surface area contributed by atoms with Gasteiger partial charge in [-0.3, -0.25) is 9.69 Å². The molecular weight excluding hydrogens is 352 g/mol. The first-order valence-corrected chi connectivity index (χ1v) is 8.72. The van der Waals surface area contributed by atoms with Gasteiger partial charge in [-0.1, -0.05) is 18.2 Å². The highest BCUT2D eigenvalue weighted by Crippen LogP contribution is 2.35. The fourth-order valence-electron chi connectivity index (χ4n) is 2.41. The molecule has 0 aromatic heterocycles. The van der Waals surface area contributed by atoms with E-state index < -0.39 is 5.97 Å². The van der Waals surface area contributed by atoms with Gasteiger partial charge in [0.25, 0.3) is 5.91 Å². The van der Waals surface area contributed by atoms with E-state index in [0.717, 1.165) is 0 Å². The predicted octanol–water partition coefficient (Wildman–Crippen LogP) is 3.71. The highest BCUT2D eigenvalue weighted by atomic mass is 32.2. The van der Waals surface area contributed by atoms with Crippen molar-refractivity contribution in [1.29, 1.82) is 0 Å². The Balaban J connectivity index is 1.92. The summed E-state index contributed by atoms with van der Waals surface area (Å²) in [4.78, 5) is 30.0. The van der Waals surface area contributed by atoms with Crippen molar-refractivity contribution in [3.05, 3.63) is 64.6 Å². The molecule has 0 bridgehead atoms. The van der Waals surface area contributed by atoms with E-state index >= 15 is 0 Å². The highest BCUT2D eigenvalue weighted by Gasteiger charge is 2.32. The molecule has 3 rings (SSSR count). The number of carbonyl (C=O) groups excluding carboxylic acids is 1. The van der Waals surface area contributed by atoms with Crippen LogP contribution in [0.25, 0.3) is 6.08 Å². The summed E-state index contributed by atoms with van der Waals surface area (Å²) in [6.07, 6.45) is 1.64. The quantitative estimate of drug-likeness (QED) is 0.803. The van der Waals surface area contributed by atoms with Gasteiger partial charge in [-0.2, -0.15) is 0 Å². The minimum atomic E-state index is -1.00. The molecule has 6 nitrogen and oxygen atoms in total. The molecule has 132 valence electrons. The van der Waals surface area contributed by atoms with Gasteiger partial charge >= 0.3 is 5.97 Å². The van der Waals surface area contributed by atoms with Crippen LogP contribution in [0.15, 0.2) is 58.4 Å². The molecule has 0 spiro atoms. The molecule has 0 atom stereocenters. The number of rotatable bonds is 4. The number of likely N-dealkylation sites (N-methyl/N-ethyl adjacent to an activating group) is 1. The van der Waals surface area contributed by atoms with Gasteiger partial charge in [-0.15, -0.1) is 0 Å². The Morgan fingerprint density at radius 1 is 1.19 bits per heavy atom. The molecule has 0 saturated carbocycles. The number of aromatic hydroxyl groups is 1. The number of phenols is 1. The molecule has 1 aliphatic rings. The topological polar surface area (TPSA) is 90.2 Å². The largest absolute Gasteiger partial charge is 0.507 e. The molecule has 1 amide bonds. The van der Waals surface area contributed by atoms with Crippen LogP contribution in [0.4, 0.5) is 5.69 Å². The molecule has 0 unspecified atom stereocenters. The highest BCUT2D eigenvalue weighted by molar-refractivity contribution is 8.18. The van der Waals surface area contributed by atoms with Crippen LogP contribution in [0.2, 0.25) is 0 Å². The Bertz CT molecular complexity index is 919. The lowest BCUT2D eigenvalue weighted by Gasteiger charge is -2.12. The van der Waals surface area contributed by atoms with Crippen molar-refractivity contribution < 1.29 is 19.8 Å². The van der Waals surface area contributed by atoms with Crippen molar-refractivity contribution in [1.82, 2.24) is 4.90 Å². The Morgan fingerprint density at radius 3 is 2.50 bits per heavy atom. The summed E-state index contributed by atoms with van der Waals surface area (Å²) in [5.74, 6) is -1.08. The molecule has 1 fully saturated rings. The third-order valence-electron chi connectivity index (χ3n) is 3.77. The van der Waals surface area contributed by atoms with Crippen molar-refractivity contribution >= 4 is 40.6 Å². The van der Waals surface area contributed by atoms with Crippen LogP contribution >= 0.6 is 11.8 Å². The molecule has 2 N–H and O–H groups in total. The van der Waals surface area contributed by atoms with Crippen molar-refractivity contribution in [2.75, 3.05) is 6.54 Å². The molecule has 0 radical (unpaired) electrons. The maximum Gasteiger partial charge on any atom is 0.335 e. The number of hydrogen-bond acceptors (Lipinski definition) is 5. The number of nitrogens with zero attached hydrogens (tertiary/aromatic N) is 2. The fourth-order valence-corrected chi connectivity index (χ4v) is 3.46. The van der Waals surface area contributed by atoms with E-state index in [1.165, 1.54) is 23.9 Å². The lowest BCUT2D eigenvalue weighted by atomic mass is 10.2. The third-order valence-corrected chi connectivity index (χ3v) is 4.77. The zero-order valence-electron chi connectivity index (χ0n) is 13.9. The van der Waals surface area contributed by atoms with Crippen molar-refractivity contribution in [2.24, 2.45) is 4.99 Å². The number of phenolic OH excluding ortho intramolecular Hbond substituents is 1. The van der Waals surface area contributed by atoms with E-state index in [1.54, 1.807) is 47.4 Å². The number of amides is 1. The van der Waals surface area contributed by atoms with Crippen LogP contribution < -0.4 is 0 Å². The van der Waals surface area contributed by atoms with Crippen molar-refractivity contribution in [2.45, 2.75) is 6.92 Å². The monoisotopic (exact) mass is 368 g/mol. The second kappa shape index (κ2) is 7.45. The van der Waals surface area contributed by atoms with Gasteiger partial charge in [0.15, 0.2) is 5.17 Å². The summed E-state index contributed by atoms with van der Waals surface area (Å²) in [5, 5.41) is 19.4. The number of aromatic carboxylic acids is 1. The molecule has 2 aromatic carbocycles. The van der Waals surface area contributed by atoms with E-state index in [-0.39, 0.29) is 17.2 Å². The van der Waals surface area contributed by atoms with Crippen LogP contribution in [0.1, 0.15) is 22.8 Å². The van der Waals surface area contributed by atoms with E-state index in [2.05, 4.69) is 4.99 Å². The van der Waals surface area contributed by atoms with Crippen LogP contribution in [0.3, 0.4) is 0 Å². The zero-order valence-corrected chi connectivity index (χ0v) is 14.7. The SMILES string of the molecule is CCN1C(=O)/C(=C\c2ccccc2O)SC1=Nc1ccc(C(=O)O)cc1. The zero-order chi connectivity index (χ0) is 18.7. The number of thioether (sulfide) groups is 1. The molecule has 1 aliphatic heterocycles. The van der Waals surface area contributed by atoms with E-state index in [9.17, 15) is 14.7 Å². The first-order chi connectivity index (χ1) is 12.5. The van der Waals surface area contributed by atoms with Gasteiger partial charge in [-0.05, 0) is 55.1 Å². The Morgan fingerprint density at radius 2 is 1.88 bits per heavy atom. The van der Waals surface area contributed by atoms with E-state index in [0.29, 0.717) is 27.9 Å². The summed E-state index contributed by atoms with van der Waals surface area (Å²) < 4.78 is 0. The molecule has 0 aliphatic carbocycles. The normalized spacial score (nSPS) is 17.3. The molecule has 1 saturated heterocycles. The minimum absolute atomic E-state index is 0.103. The van der Waals surface area contributed by atoms with Gasteiger partial charge in [0.2, 0.25) is 0 Å². The lowest BCUT2D eigenvalue weighted by molar-refractivity contribution is -0.122. The first kappa shape index (κ1) is 17.8. The Labute approximate surface area is 154 Å². The maximum absolute atomic E-state index is 12.6. The number of carboxylic acids is 1. The number of carbonyl (C=O) groups is 2. The average Bonchev–Trinajstić information content (AvgIpc) is 2.92. The van der Waals surface area contributed by atoms with Gasteiger partial charge in [0.05, 0.1) is 16.2 Å². The number of benzene rings is 2. The van der Waals surface area contributed by atoms with Crippen LogP contribution in [0, 0.1) is 0 Å². The lowest BCUT2D eigenvalue weighted by Crippen LogP contribution is -2.28. The van der Waals surface area contributed by atoms with Gasteiger partial charge < -0.3 is 10.2 Å². The van der Waals surface area contributed by atoms with Crippen molar-refractivity contribution in [3.8, 4) is 5.75 Å². The maximum atomic E-state index is 12.6. The molecule has 1 heterocycles. The van der Waals surface area contributed by atoms with Crippen LogP contribution in [-0.2, 0) is 4.79 Å². The Hall–Kier alpha value is -3.06. The second-order valence-electron chi connectivity index (χ2n) is 5.47. The van der Waals surface area contributed by atoms with Crippen molar-refractivity contribution in [3.63, 3.8) is 0 Å². The molecule has 26 heavy (non-hydrogen) atoms. The fraction of sp³-hybridized carbons (Fsp3) is 0.105. The number of para-hydroxylation sites is 1. The van der Waals surface area contributed by atoms with Crippen LogP contribution in [0.5, 0.6) is 5.75 Å². The Kier molecular flexibility index (Phi) is 5.09. The van der Waals surface area contributed by atoms with Crippen LogP contribution in [-0.4, -0.2) is 38.7 Å². The summed E-state index contributed by atoms with van der Waals surface area (Å²) in [7, 11) is 0. The number of amidine groups is 1. The molecular formula is C19H16N2O4S. The number of hydrogen-bond donors (Lipinski definition) is 2. The smallest absolute Gasteiger partial charge is 0.335 e.